The van der Waals surface area contributed by atoms with Crippen molar-refractivity contribution in [1.29, 1.82) is 0 Å². The molecule has 1 heterocycles. The summed E-state index contributed by atoms with van der Waals surface area (Å²) in [5.41, 5.74) is 1.18. The van der Waals surface area contributed by atoms with Crippen LogP contribution in [0.5, 0.6) is 11.5 Å². The van der Waals surface area contributed by atoms with E-state index >= 15 is 0 Å². The first-order valence-electron chi connectivity index (χ1n) is 7.19. The zero-order valence-corrected chi connectivity index (χ0v) is 14.4. The van der Waals surface area contributed by atoms with E-state index in [4.69, 9.17) is 21.1 Å². The number of aryl methyl sites for hydroxylation is 1. The van der Waals surface area contributed by atoms with Gasteiger partial charge in [0, 0.05) is 25.4 Å². The molecule has 6 nitrogen and oxygen atoms in total. The average Bonchev–Trinajstić information content (AvgIpc) is 2.93. The summed E-state index contributed by atoms with van der Waals surface area (Å²) in [4.78, 5) is 14.1. The minimum Gasteiger partial charge on any atom is -0.493 e. The van der Waals surface area contributed by atoms with Crippen LogP contribution in [0.25, 0.3) is 0 Å². The zero-order chi connectivity index (χ0) is 17.0. The minimum absolute atomic E-state index is 0.145. The van der Waals surface area contributed by atoms with E-state index in [0.717, 1.165) is 6.54 Å². The smallest absolute Gasteiger partial charge is 0.254 e. The van der Waals surface area contributed by atoms with Gasteiger partial charge >= 0.3 is 0 Å². The lowest BCUT2D eigenvalue weighted by Crippen LogP contribution is -2.26. The van der Waals surface area contributed by atoms with Crippen molar-refractivity contribution in [3.63, 3.8) is 0 Å². The summed E-state index contributed by atoms with van der Waals surface area (Å²) in [6, 6.07) is 5.06. The summed E-state index contributed by atoms with van der Waals surface area (Å²) in [5, 5.41) is 4.91. The summed E-state index contributed by atoms with van der Waals surface area (Å²) < 4.78 is 12.1. The van der Waals surface area contributed by atoms with Crippen molar-refractivity contribution < 1.29 is 14.3 Å². The lowest BCUT2D eigenvalue weighted by molar-refractivity contribution is 0.0783. The van der Waals surface area contributed by atoms with E-state index in [0.29, 0.717) is 34.3 Å². The van der Waals surface area contributed by atoms with E-state index in [1.165, 1.54) is 7.11 Å². The second kappa shape index (κ2) is 7.37. The van der Waals surface area contributed by atoms with Crippen molar-refractivity contribution in [2.45, 2.75) is 20.0 Å². The molecule has 124 valence electrons. The molecule has 0 aliphatic rings. The van der Waals surface area contributed by atoms with Gasteiger partial charge in [-0.15, -0.1) is 0 Å². The number of hydrogen-bond donors (Lipinski definition) is 0. The number of rotatable bonds is 6. The number of methoxy groups -OCH3 is 2. The fraction of sp³-hybridized carbons (Fsp3) is 0.375. The second-order valence-electron chi connectivity index (χ2n) is 5.01. The molecule has 0 atom stereocenters. The fourth-order valence-electron chi connectivity index (χ4n) is 2.19. The molecule has 0 saturated carbocycles. The maximum absolute atomic E-state index is 12.6. The van der Waals surface area contributed by atoms with Gasteiger partial charge < -0.3 is 14.4 Å². The molecular formula is C16H20ClN3O3. The zero-order valence-electron chi connectivity index (χ0n) is 13.7. The Morgan fingerprint density at radius 2 is 2.00 bits per heavy atom. The monoisotopic (exact) mass is 337 g/mol. The molecule has 0 unspecified atom stereocenters. The van der Waals surface area contributed by atoms with Crippen molar-refractivity contribution in [2.24, 2.45) is 0 Å². The minimum atomic E-state index is -0.145. The summed E-state index contributed by atoms with van der Waals surface area (Å²) in [6.45, 7) is 3.04. The summed E-state index contributed by atoms with van der Waals surface area (Å²) in [5.74, 6) is 0.949. The number of amides is 1. The van der Waals surface area contributed by atoms with Crippen molar-refractivity contribution in [3.05, 3.63) is 40.7 Å². The third-order valence-corrected chi connectivity index (χ3v) is 3.79. The maximum Gasteiger partial charge on any atom is 0.254 e. The predicted molar refractivity (Wildman–Crippen MR) is 88.3 cm³/mol. The Kier molecular flexibility index (Phi) is 5.50. The predicted octanol–water partition coefficient (Wildman–Crippen LogP) is 2.85. The average molecular weight is 338 g/mol. The molecule has 1 amide bonds. The molecule has 2 aromatic rings. The third kappa shape index (κ3) is 3.76. The van der Waals surface area contributed by atoms with Crippen LogP contribution >= 0.6 is 11.6 Å². The molecule has 0 saturated heterocycles. The topological polar surface area (TPSA) is 56.6 Å². The van der Waals surface area contributed by atoms with E-state index in [9.17, 15) is 4.79 Å². The molecule has 2 rings (SSSR count). The summed E-state index contributed by atoms with van der Waals surface area (Å²) in [7, 11) is 4.80. The van der Waals surface area contributed by atoms with Crippen LogP contribution in [0.15, 0.2) is 24.4 Å². The van der Waals surface area contributed by atoms with Crippen LogP contribution in [0.4, 0.5) is 0 Å². The highest BCUT2D eigenvalue weighted by molar-refractivity contribution is 6.31. The number of carbonyl (C=O) groups is 1. The standard InChI is InChI=1S/C16H20ClN3O3/c1-5-20-9-12(17)13(18-20)10-19(2)16(21)11-6-7-14(22-3)15(8-11)23-4/h6-9H,5,10H2,1-4H3. The van der Waals surface area contributed by atoms with Crippen LogP contribution < -0.4 is 9.47 Å². The van der Waals surface area contributed by atoms with Gasteiger partial charge in [0.1, 0.15) is 5.69 Å². The number of nitrogens with zero attached hydrogens (tertiary/aromatic N) is 3. The number of halogens is 1. The van der Waals surface area contributed by atoms with Crippen LogP contribution in [0.1, 0.15) is 23.0 Å². The van der Waals surface area contributed by atoms with Gasteiger partial charge in [0.25, 0.3) is 5.91 Å². The van der Waals surface area contributed by atoms with Gasteiger partial charge in [-0.3, -0.25) is 9.48 Å². The highest BCUT2D eigenvalue weighted by atomic mass is 35.5. The number of ether oxygens (including phenoxy) is 2. The van der Waals surface area contributed by atoms with Crippen LogP contribution in [0, 0.1) is 0 Å². The van der Waals surface area contributed by atoms with Gasteiger partial charge in [-0.1, -0.05) is 11.6 Å². The first-order chi connectivity index (χ1) is 11.0. The first kappa shape index (κ1) is 17.1. The van der Waals surface area contributed by atoms with Gasteiger partial charge in [-0.25, -0.2) is 0 Å². The molecule has 0 radical (unpaired) electrons. The van der Waals surface area contributed by atoms with Crippen LogP contribution in [-0.2, 0) is 13.1 Å². The van der Waals surface area contributed by atoms with Crippen molar-refractivity contribution in [2.75, 3.05) is 21.3 Å². The lowest BCUT2D eigenvalue weighted by Gasteiger charge is -2.17. The molecule has 1 aromatic carbocycles. The molecular weight excluding hydrogens is 318 g/mol. The van der Waals surface area contributed by atoms with E-state index in [1.807, 2.05) is 6.92 Å². The Morgan fingerprint density at radius 3 is 2.57 bits per heavy atom. The SMILES string of the molecule is CCn1cc(Cl)c(CN(C)C(=O)c2ccc(OC)c(OC)c2)n1. The summed E-state index contributed by atoms with van der Waals surface area (Å²) >= 11 is 6.15. The Hall–Kier alpha value is -2.21. The number of carbonyl (C=O) groups excluding carboxylic acids is 1. The highest BCUT2D eigenvalue weighted by Gasteiger charge is 2.17. The van der Waals surface area contributed by atoms with E-state index < -0.39 is 0 Å². The van der Waals surface area contributed by atoms with Crippen molar-refractivity contribution in [1.82, 2.24) is 14.7 Å². The molecule has 0 aliphatic heterocycles. The Morgan fingerprint density at radius 1 is 1.30 bits per heavy atom. The molecule has 1 aromatic heterocycles. The van der Waals surface area contributed by atoms with Gasteiger partial charge in [-0.05, 0) is 25.1 Å². The molecule has 0 aliphatic carbocycles. The molecule has 23 heavy (non-hydrogen) atoms. The number of hydrogen-bond acceptors (Lipinski definition) is 4. The molecule has 0 N–H and O–H groups in total. The van der Waals surface area contributed by atoms with Crippen molar-refractivity contribution in [3.8, 4) is 11.5 Å². The Balaban J connectivity index is 2.17. The third-order valence-electron chi connectivity index (χ3n) is 3.48. The van der Waals surface area contributed by atoms with Crippen LogP contribution in [0.3, 0.4) is 0 Å². The second-order valence-corrected chi connectivity index (χ2v) is 5.42. The van der Waals surface area contributed by atoms with Gasteiger partial charge in [0.05, 0.1) is 25.8 Å². The highest BCUT2D eigenvalue weighted by Crippen LogP contribution is 2.28. The number of benzene rings is 1. The Labute approximate surface area is 140 Å². The van der Waals surface area contributed by atoms with Gasteiger partial charge in [0.15, 0.2) is 11.5 Å². The normalized spacial score (nSPS) is 10.5. The van der Waals surface area contributed by atoms with Gasteiger partial charge in [0.2, 0.25) is 0 Å². The van der Waals surface area contributed by atoms with Crippen LogP contribution in [0.2, 0.25) is 5.02 Å². The molecule has 0 fully saturated rings. The largest absolute Gasteiger partial charge is 0.493 e. The number of aromatic nitrogens is 2. The van der Waals surface area contributed by atoms with E-state index in [2.05, 4.69) is 5.10 Å². The lowest BCUT2D eigenvalue weighted by atomic mass is 10.1. The van der Waals surface area contributed by atoms with Crippen molar-refractivity contribution >= 4 is 17.5 Å². The maximum atomic E-state index is 12.6. The van der Waals surface area contributed by atoms with E-state index in [1.54, 1.807) is 48.1 Å². The Bertz CT molecular complexity index is 700. The fourth-order valence-corrected chi connectivity index (χ4v) is 2.40. The molecule has 0 spiro atoms. The summed E-state index contributed by atoms with van der Waals surface area (Å²) in [6.07, 6.45) is 1.76. The van der Waals surface area contributed by atoms with Gasteiger partial charge in [-0.2, -0.15) is 5.10 Å². The molecule has 7 heteroatoms. The first-order valence-corrected chi connectivity index (χ1v) is 7.57. The van der Waals surface area contributed by atoms with E-state index in [-0.39, 0.29) is 5.91 Å². The van der Waals surface area contributed by atoms with Crippen LogP contribution in [-0.4, -0.2) is 41.9 Å². The molecule has 0 bridgehead atoms. The quantitative estimate of drug-likeness (QED) is 0.813.